The average molecular weight is 557 g/mol. The first-order valence-electron chi connectivity index (χ1n) is 15.0. The van der Waals surface area contributed by atoms with Crippen molar-refractivity contribution < 1.29 is 19.1 Å². The summed E-state index contributed by atoms with van der Waals surface area (Å²) in [5.74, 6) is 0.468. The van der Waals surface area contributed by atoms with Crippen LogP contribution in [-0.2, 0) is 22.4 Å². The van der Waals surface area contributed by atoms with Gasteiger partial charge in [0.25, 0.3) is 0 Å². The summed E-state index contributed by atoms with van der Waals surface area (Å²) >= 11 is 0. The van der Waals surface area contributed by atoms with E-state index in [1.165, 1.54) is 36.8 Å². The zero-order valence-electron chi connectivity index (χ0n) is 24.1. The first kappa shape index (κ1) is 27.5. The largest absolute Gasteiger partial charge is 0.426 e. The molecule has 4 aromatic rings. The Labute approximate surface area is 241 Å². The SMILES string of the molecule is CN1CCC[C@@H]1Cc1c[nH]c2cccc(OC(=O)CCCC(=O)Oc3cccc4[nH]cc(C[C@H]5CCCN5C)c34)c12. The number of H-pyrrole nitrogens is 2. The zero-order valence-corrected chi connectivity index (χ0v) is 24.1. The van der Waals surface area contributed by atoms with E-state index in [1.54, 1.807) is 0 Å². The van der Waals surface area contributed by atoms with Crippen molar-refractivity contribution >= 4 is 33.7 Å². The molecular formula is C33H40N4O4. The highest BCUT2D eigenvalue weighted by Crippen LogP contribution is 2.33. The summed E-state index contributed by atoms with van der Waals surface area (Å²) in [5, 5.41) is 1.94. The Balaban J connectivity index is 1.05. The Morgan fingerprint density at radius 3 is 1.63 bits per heavy atom. The molecule has 2 aromatic carbocycles. The maximum absolute atomic E-state index is 12.8. The predicted octanol–water partition coefficient (Wildman–Crippen LogP) is 5.60. The second-order valence-electron chi connectivity index (χ2n) is 11.7. The number of hydrogen-bond acceptors (Lipinski definition) is 6. The number of aromatic nitrogens is 2. The summed E-state index contributed by atoms with van der Waals surface area (Å²) in [6.45, 7) is 2.24. The van der Waals surface area contributed by atoms with Crippen molar-refractivity contribution in [3.8, 4) is 11.5 Å². The first-order valence-corrected chi connectivity index (χ1v) is 15.0. The number of aromatic amines is 2. The number of esters is 2. The molecule has 2 aromatic heterocycles. The van der Waals surface area contributed by atoms with Crippen LogP contribution in [0.3, 0.4) is 0 Å². The zero-order chi connectivity index (χ0) is 28.3. The highest BCUT2D eigenvalue weighted by atomic mass is 16.5. The minimum atomic E-state index is -0.342. The van der Waals surface area contributed by atoms with Crippen LogP contribution in [0.25, 0.3) is 21.8 Å². The first-order chi connectivity index (χ1) is 20.0. The number of rotatable bonds is 10. The molecule has 6 rings (SSSR count). The molecule has 0 aliphatic carbocycles. The second-order valence-corrected chi connectivity index (χ2v) is 11.7. The molecule has 41 heavy (non-hydrogen) atoms. The Morgan fingerprint density at radius 2 is 1.22 bits per heavy atom. The number of likely N-dealkylation sites (tertiary alicyclic amines) is 2. The number of nitrogens with zero attached hydrogens (tertiary/aromatic N) is 2. The van der Waals surface area contributed by atoms with Crippen molar-refractivity contribution in [2.75, 3.05) is 27.2 Å². The molecular weight excluding hydrogens is 516 g/mol. The summed E-state index contributed by atoms with van der Waals surface area (Å²) in [7, 11) is 4.34. The Bertz CT molecular complexity index is 1420. The number of nitrogens with one attached hydrogen (secondary N) is 2. The van der Waals surface area contributed by atoms with E-state index < -0.39 is 0 Å². The number of carbonyl (C=O) groups is 2. The Morgan fingerprint density at radius 1 is 0.756 bits per heavy atom. The van der Waals surface area contributed by atoms with Gasteiger partial charge in [-0.3, -0.25) is 9.59 Å². The van der Waals surface area contributed by atoms with Crippen LogP contribution in [0.1, 0.15) is 56.1 Å². The minimum Gasteiger partial charge on any atom is -0.426 e. The minimum absolute atomic E-state index is 0.143. The van der Waals surface area contributed by atoms with Crippen molar-refractivity contribution in [2.45, 2.75) is 69.9 Å². The van der Waals surface area contributed by atoms with Crippen LogP contribution >= 0.6 is 0 Å². The number of hydrogen-bond donors (Lipinski definition) is 2. The van der Waals surface area contributed by atoms with Gasteiger partial charge in [-0.2, -0.15) is 0 Å². The number of likely N-dealkylation sites (N-methyl/N-ethyl adjacent to an activating group) is 2. The summed E-state index contributed by atoms with van der Waals surface area (Å²) in [6, 6.07) is 12.5. The van der Waals surface area contributed by atoms with Crippen molar-refractivity contribution in [3.05, 3.63) is 59.9 Å². The predicted molar refractivity (Wildman–Crippen MR) is 160 cm³/mol. The van der Waals surface area contributed by atoms with Gasteiger partial charge in [-0.05, 0) is 108 Å². The summed E-state index contributed by atoms with van der Waals surface area (Å²) in [4.78, 5) is 37.1. The molecule has 0 radical (unpaired) electrons. The second kappa shape index (κ2) is 12.1. The van der Waals surface area contributed by atoms with E-state index >= 15 is 0 Å². The summed E-state index contributed by atoms with van der Waals surface area (Å²) in [6.07, 6.45) is 11.4. The molecule has 0 unspecified atom stereocenters. The van der Waals surface area contributed by atoms with E-state index in [1.807, 2.05) is 48.8 Å². The number of benzene rings is 2. The van der Waals surface area contributed by atoms with E-state index in [-0.39, 0.29) is 24.8 Å². The average Bonchev–Trinajstić information content (AvgIpc) is 3.75. The van der Waals surface area contributed by atoms with Gasteiger partial charge in [-0.1, -0.05) is 12.1 Å². The van der Waals surface area contributed by atoms with Gasteiger partial charge in [0.05, 0.1) is 0 Å². The summed E-state index contributed by atoms with van der Waals surface area (Å²) < 4.78 is 11.6. The van der Waals surface area contributed by atoms with Crippen molar-refractivity contribution in [1.29, 1.82) is 0 Å². The van der Waals surface area contributed by atoms with E-state index in [0.717, 1.165) is 47.7 Å². The van der Waals surface area contributed by atoms with Gasteiger partial charge in [0.15, 0.2) is 0 Å². The smallest absolute Gasteiger partial charge is 0.311 e. The number of ether oxygens (including phenoxy) is 2. The van der Waals surface area contributed by atoms with Crippen LogP contribution in [0.2, 0.25) is 0 Å². The Hall–Kier alpha value is -3.62. The van der Waals surface area contributed by atoms with Gasteiger partial charge in [0.1, 0.15) is 11.5 Å². The lowest BCUT2D eigenvalue weighted by molar-refractivity contribution is -0.135. The maximum atomic E-state index is 12.8. The molecule has 216 valence electrons. The fourth-order valence-corrected chi connectivity index (χ4v) is 6.64. The lowest BCUT2D eigenvalue weighted by atomic mass is 10.0. The third kappa shape index (κ3) is 6.04. The quantitative estimate of drug-likeness (QED) is 0.195. The molecule has 0 bridgehead atoms. The fraction of sp³-hybridized carbons (Fsp3) is 0.455. The van der Waals surface area contributed by atoms with Gasteiger partial charge in [0.2, 0.25) is 0 Å². The van der Waals surface area contributed by atoms with Crippen molar-refractivity contribution in [2.24, 2.45) is 0 Å². The molecule has 8 heteroatoms. The van der Waals surface area contributed by atoms with Gasteiger partial charge < -0.3 is 29.2 Å². The van der Waals surface area contributed by atoms with Crippen molar-refractivity contribution in [3.63, 3.8) is 0 Å². The van der Waals surface area contributed by atoms with Gasteiger partial charge in [-0.15, -0.1) is 0 Å². The molecule has 2 saturated heterocycles. The van der Waals surface area contributed by atoms with Crippen LogP contribution in [0.15, 0.2) is 48.8 Å². The van der Waals surface area contributed by atoms with Gasteiger partial charge >= 0.3 is 11.9 Å². The lowest BCUT2D eigenvalue weighted by Crippen LogP contribution is -2.26. The number of fused-ring (bicyclic) bond motifs is 2. The molecule has 2 aliphatic heterocycles. The summed E-state index contributed by atoms with van der Waals surface area (Å²) in [5.41, 5.74) is 4.27. The van der Waals surface area contributed by atoms with Crippen molar-refractivity contribution in [1.82, 2.24) is 19.8 Å². The Kier molecular flexibility index (Phi) is 8.12. The standard InChI is InChI=1S/C33H40N4O4/c1-36-16-6-8-24(36)18-22-20-34-26-10-3-12-28(32(22)26)40-30(38)14-5-15-31(39)41-29-13-4-11-27-33(29)23(21-35-27)19-25-9-7-17-37(25)2/h3-4,10-13,20-21,24-25,34-35H,5-9,14-19H2,1-2H3/t24-,25-/m1/s1. The van der Waals surface area contributed by atoms with E-state index in [0.29, 0.717) is 30.0 Å². The van der Waals surface area contributed by atoms with Gasteiger partial charge in [0, 0.05) is 59.1 Å². The number of carbonyl (C=O) groups excluding carboxylic acids is 2. The normalized spacial score (nSPS) is 19.9. The molecule has 4 heterocycles. The molecule has 2 N–H and O–H groups in total. The van der Waals surface area contributed by atoms with E-state index in [2.05, 4.69) is 33.9 Å². The maximum Gasteiger partial charge on any atom is 0.311 e. The highest BCUT2D eigenvalue weighted by Gasteiger charge is 2.25. The van der Waals surface area contributed by atoms with Crippen LogP contribution in [0.5, 0.6) is 11.5 Å². The molecule has 0 spiro atoms. The monoisotopic (exact) mass is 556 g/mol. The molecule has 2 aliphatic rings. The highest BCUT2D eigenvalue weighted by molar-refractivity contribution is 5.92. The molecule has 8 nitrogen and oxygen atoms in total. The molecule has 0 saturated carbocycles. The third-order valence-electron chi connectivity index (χ3n) is 8.96. The molecule has 2 atom stereocenters. The van der Waals surface area contributed by atoms with Crippen LogP contribution in [-0.4, -0.2) is 71.0 Å². The third-order valence-corrected chi connectivity index (χ3v) is 8.96. The van der Waals surface area contributed by atoms with Gasteiger partial charge in [-0.25, -0.2) is 0 Å². The molecule has 2 fully saturated rings. The van der Waals surface area contributed by atoms with Crippen LogP contribution in [0, 0.1) is 0 Å². The molecule has 0 amide bonds. The van der Waals surface area contributed by atoms with E-state index in [9.17, 15) is 9.59 Å². The van der Waals surface area contributed by atoms with Crippen LogP contribution in [0.4, 0.5) is 0 Å². The lowest BCUT2D eigenvalue weighted by Gasteiger charge is -2.19. The topological polar surface area (TPSA) is 90.7 Å². The van der Waals surface area contributed by atoms with Crippen LogP contribution < -0.4 is 9.47 Å². The fourth-order valence-electron chi connectivity index (χ4n) is 6.64. The van der Waals surface area contributed by atoms with E-state index in [4.69, 9.17) is 9.47 Å².